The average Bonchev–Trinajstić information content (AvgIpc) is 3.04. The molecule has 0 saturated heterocycles. The van der Waals surface area contributed by atoms with Crippen molar-refractivity contribution >= 4 is 34.0 Å². The van der Waals surface area contributed by atoms with Crippen molar-refractivity contribution in [3.8, 4) is 11.8 Å². The minimum absolute atomic E-state index is 0.157. The molecule has 2 aromatic rings. The number of hydrogen-bond acceptors (Lipinski definition) is 5. The van der Waals surface area contributed by atoms with E-state index in [-0.39, 0.29) is 12.3 Å². The van der Waals surface area contributed by atoms with Crippen LogP contribution in [0.15, 0.2) is 41.4 Å². The number of carbonyl (C=O) groups is 1. The third-order valence-electron chi connectivity index (χ3n) is 4.16. The lowest BCUT2D eigenvalue weighted by molar-refractivity contribution is -0.115. The number of ether oxygens (including phenoxy) is 1. The average molecular weight is 365 g/mol. The van der Waals surface area contributed by atoms with Crippen molar-refractivity contribution in [1.29, 1.82) is 5.26 Å². The highest BCUT2D eigenvalue weighted by Gasteiger charge is 2.19. The second-order valence-corrected chi connectivity index (χ2v) is 7.13. The fraction of sp³-hybridized carbons (Fsp3) is 0.250. The largest absolute Gasteiger partial charge is 0.497 e. The van der Waals surface area contributed by atoms with Crippen LogP contribution in [-0.2, 0) is 11.2 Å². The number of dihydropyridines is 1. The second-order valence-electron chi connectivity index (χ2n) is 6.08. The zero-order valence-electron chi connectivity index (χ0n) is 14.7. The quantitative estimate of drug-likeness (QED) is 0.873. The summed E-state index contributed by atoms with van der Waals surface area (Å²) in [7, 11) is 1.59. The summed E-state index contributed by atoms with van der Waals surface area (Å²) in [5.41, 5.74) is 2.49. The monoisotopic (exact) mass is 365 g/mol. The Kier molecular flexibility index (Phi) is 5.49. The van der Waals surface area contributed by atoms with Gasteiger partial charge in [-0.1, -0.05) is 19.1 Å². The van der Waals surface area contributed by atoms with Crippen LogP contribution in [0.1, 0.15) is 22.9 Å². The Balaban J connectivity index is 1.77. The molecule has 0 spiro atoms. The number of nitrogens with zero attached hydrogens (tertiary/aromatic N) is 2. The molecule has 1 aliphatic rings. The van der Waals surface area contributed by atoms with Crippen LogP contribution < -0.4 is 10.1 Å². The van der Waals surface area contributed by atoms with Gasteiger partial charge in [-0.15, -0.1) is 11.3 Å². The predicted molar refractivity (Wildman–Crippen MR) is 105 cm³/mol. The van der Waals surface area contributed by atoms with Gasteiger partial charge in [0.25, 0.3) is 0 Å². The lowest BCUT2D eigenvalue weighted by atomic mass is 9.97. The van der Waals surface area contributed by atoms with Crippen LogP contribution in [0.3, 0.4) is 0 Å². The minimum atomic E-state index is -0.157. The van der Waals surface area contributed by atoms with E-state index in [2.05, 4.69) is 23.3 Å². The Bertz CT molecular complexity index is 921. The Morgan fingerprint density at radius 1 is 1.46 bits per heavy atom. The zero-order chi connectivity index (χ0) is 18.5. The molecule has 1 aliphatic heterocycles. The van der Waals surface area contributed by atoms with Crippen LogP contribution in [0, 0.1) is 17.2 Å². The number of amides is 1. The third-order valence-corrected chi connectivity index (χ3v) is 5.26. The van der Waals surface area contributed by atoms with E-state index in [0.717, 1.165) is 22.6 Å². The van der Waals surface area contributed by atoms with Gasteiger partial charge in [-0.2, -0.15) is 5.26 Å². The summed E-state index contributed by atoms with van der Waals surface area (Å²) in [4.78, 5) is 17.7. The first-order valence-corrected chi connectivity index (χ1v) is 9.09. The maximum absolute atomic E-state index is 12.4. The topological polar surface area (TPSA) is 74.5 Å². The lowest BCUT2D eigenvalue weighted by Gasteiger charge is -2.14. The van der Waals surface area contributed by atoms with Crippen molar-refractivity contribution in [1.82, 2.24) is 0 Å². The normalized spacial score (nSPS) is 15.9. The van der Waals surface area contributed by atoms with Crippen LogP contribution in [0.2, 0.25) is 0 Å². The number of carbonyl (C=O) groups excluding carboxylic acids is 1. The van der Waals surface area contributed by atoms with E-state index in [9.17, 15) is 10.1 Å². The van der Waals surface area contributed by atoms with Crippen molar-refractivity contribution < 1.29 is 9.53 Å². The Labute approximate surface area is 156 Å². The summed E-state index contributed by atoms with van der Waals surface area (Å²) in [6, 6.07) is 11.4. The Morgan fingerprint density at radius 3 is 3.04 bits per heavy atom. The number of nitriles is 1. The van der Waals surface area contributed by atoms with Gasteiger partial charge < -0.3 is 10.1 Å². The van der Waals surface area contributed by atoms with Crippen molar-refractivity contribution in [2.24, 2.45) is 10.9 Å². The molecular formula is C20H19N3O2S. The highest BCUT2D eigenvalue weighted by atomic mass is 32.1. The van der Waals surface area contributed by atoms with Crippen molar-refractivity contribution in [3.05, 3.63) is 52.4 Å². The summed E-state index contributed by atoms with van der Waals surface area (Å²) in [6.07, 6.45) is 3.99. The van der Waals surface area contributed by atoms with E-state index in [1.165, 1.54) is 11.3 Å². The van der Waals surface area contributed by atoms with Gasteiger partial charge in [0.1, 0.15) is 16.8 Å². The zero-order valence-corrected chi connectivity index (χ0v) is 15.5. The van der Waals surface area contributed by atoms with Gasteiger partial charge in [-0.05, 0) is 35.4 Å². The first-order chi connectivity index (χ1) is 12.6. The summed E-state index contributed by atoms with van der Waals surface area (Å²) in [5.74, 6) is 0.854. The van der Waals surface area contributed by atoms with E-state index < -0.39 is 0 Å². The molecule has 3 rings (SSSR count). The van der Waals surface area contributed by atoms with E-state index >= 15 is 0 Å². The maximum Gasteiger partial charge on any atom is 0.229 e. The lowest BCUT2D eigenvalue weighted by Crippen LogP contribution is -2.14. The van der Waals surface area contributed by atoms with Crippen molar-refractivity contribution in [2.45, 2.75) is 13.3 Å². The highest BCUT2D eigenvalue weighted by molar-refractivity contribution is 7.17. The molecule has 26 heavy (non-hydrogen) atoms. The molecule has 1 unspecified atom stereocenters. The summed E-state index contributed by atoms with van der Waals surface area (Å²) < 4.78 is 5.18. The van der Waals surface area contributed by atoms with E-state index in [4.69, 9.17) is 4.74 Å². The molecule has 1 aromatic carbocycles. The number of methoxy groups -OCH3 is 1. The van der Waals surface area contributed by atoms with Crippen LogP contribution in [0.4, 0.5) is 5.00 Å². The molecule has 0 fully saturated rings. The van der Waals surface area contributed by atoms with Gasteiger partial charge in [0.05, 0.1) is 19.1 Å². The first-order valence-electron chi connectivity index (χ1n) is 8.27. The standard InChI is InChI=1S/C20H19N3O2S/c1-13-12-22-7-6-17(13)18-10-15(11-21)20(26-18)23-19(24)9-14-4-3-5-16(8-14)25-2/h3-8,10,13H,9,12H2,1-2H3,(H,23,24). The molecule has 0 saturated carbocycles. The van der Waals surface area contributed by atoms with Gasteiger partial charge in [-0.3, -0.25) is 9.79 Å². The maximum atomic E-state index is 12.4. The first kappa shape index (κ1) is 17.9. The van der Waals surface area contributed by atoms with E-state index in [1.807, 2.05) is 36.4 Å². The molecule has 1 amide bonds. The van der Waals surface area contributed by atoms with Crippen molar-refractivity contribution in [2.75, 3.05) is 19.0 Å². The fourth-order valence-electron chi connectivity index (χ4n) is 2.79. The SMILES string of the molecule is COc1cccc(CC(=O)Nc2sc(C3=CC=NCC3C)cc2C#N)c1. The second kappa shape index (κ2) is 7.98. The summed E-state index contributed by atoms with van der Waals surface area (Å²) in [6.45, 7) is 2.85. The number of hydrogen-bond donors (Lipinski definition) is 1. The summed E-state index contributed by atoms with van der Waals surface area (Å²) >= 11 is 1.43. The minimum Gasteiger partial charge on any atom is -0.497 e. The fourth-order valence-corrected chi connectivity index (χ4v) is 3.95. The highest BCUT2D eigenvalue weighted by Crippen LogP contribution is 2.36. The number of aliphatic imine (C=N–C) groups is 1. The van der Waals surface area contributed by atoms with E-state index in [0.29, 0.717) is 22.2 Å². The molecule has 0 aliphatic carbocycles. The van der Waals surface area contributed by atoms with E-state index in [1.54, 1.807) is 13.3 Å². The van der Waals surface area contributed by atoms with Crippen LogP contribution >= 0.6 is 11.3 Å². The van der Waals surface area contributed by atoms with Crippen LogP contribution in [0.5, 0.6) is 5.75 Å². The molecule has 1 atom stereocenters. The molecule has 132 valence electrons. The number of anilines is 1. The third kappa shape index (κ3) is 4.01. The van der Waals surface area contributed by atoms with Gasteiger partial charge in [0.15, 0.2) is 0 Å². The van der Waals surface area contributed by atoms with Crippen LogP contribution in [0.25, 0.3) is 5.57 Å². The van der Waals surface area contributed by atoms with Gasteiger partial charge >= 0.3 is 0 Å². The van der Waals surface area contributed by atoms with Crippen molar-refractivity contribution in [3.63, 3.8) is 0 Å². The number of nitrogens with one attached hydrogen (secondary N) is 1. The van der Waals surface area contributed by atoms with Gasteiger partial charge in [-0.25, -0.2) is 0 Å². The molecule has 5 nitrogen and oxygen atoms in total. The number of thiophene rings is 1. The predicted octanol–water partition coefficient (Wildman–Crippen LogP) is 3.91. The molecule has 0 bridgehead atoms. The Morgan fingerprint density at radius 2 is 2.31 bits per heavy atom. The molecule has 6 heteroatoms. The van der Waals surface area contributed by atoms with Crippen LogP contribution in [-0.4, -0.2) is 25.8 Å². The molecule has 0 radical (unpaired) electrons. The summed E-state index contributed by atoms with van der Waals surface area (Å²) in [5, 5.41) is 12.9. The molecule has 1 aromatic heterocycles. The number of benzene rings is 1. The van der Waals surface area contributed by atoms with Gasteiger partial charge in [0, 0.05) is 23.6 Å². The number of rotatable bonds is 5. The smallest absolute Gasteiger partial charge is 0.229 e. The Hall–Kier alpha value is -2.91. The molecule has 1 N–H and O–H groups in total. The number of allylic oxidation sites excluding steroid dienone is 1. The molecular weight excluding hydrogens is 346 g/mol. The molecule has 2 heterocycles. The van der Waals surface area contributed by atoms with Gasteiger partial charge in [0.2, 0.25) is 5.91 Å².